The SMILES string of the molecule is CCN(CC)S(=O)(=O)N1CCC[C@@H]1c1cc(N(C)C)nc(C)n1. The number of anilines is 1. The highest BCUT2D eigenvalue weighted by Gasteiger charge is 2.38. The summed E-state index contributed by atoms with van der Waals surface area (Å²) >= 11 is 0. The lowest BCUT2D eigenvalue weighted by atomic mass is 10.1. The molecule has 7 nitrogen and oxygen atoms in total. The first-order valence-electron chi connectivity index (χ1n) is 8.11. The van der Waals surface area contributed by atoms with Gasteiger partial charge in [-0.25, -0.2) is 9.97 Å². The predicted octanol–water partition coefficient (Wildman–Crippen LogP) is 1.57. The maximum atomic E-state index is 12.9. The Bertz CT molecular complexity index is 643. The van der Waals surface area contributed by atoms with Gasteiger partial charge >= 0.3 is 0 Å². The minimum Gasteiger partial charge on any atom is -0.363 e. The van der Waals surface area contributed by atoms with Crippen molar-refractivity contribution in [1.29, 1.82) is 0 Å². The Labute approximate surface area is 139 Å². The zero-order chi connectivity index (χ0) is 17.2. The summed E-state index contributed by atoms with van der Waals surface area (Å²) in [5.74, 6) is 1.47. The molecule has 0 spiro atoms. The normalized spacial score (nSPS) is 19.5. The first-order chi connectivity index (χ1) is 10.8. The van der Waals surface area contributed by atoms with Crippen LogP contribution >= 0.6 is 0 Å². The second-order valence-corrected chi connectivity index (χ2v) is 7.83. The van der Waals surface area contributed by atoms with E-state index in [-0.39, 0.29) is 6.04 Å². The minimum absolute atomic E-state index is 0.207. The van der Waals surface area contributed by atoms with E-state index in [4.69, 9.17) is 0 Å². The molecule has 2 heterocycles. The molecule has 0 saturated carbocycles. The monoisotopic (exact) mass is 341 g/mol. The maximum absolute atomic E-state index is 12.9. The lowest BCUT2D eigenvalue weighted by molar-refractivity contribution is 0.334. The highest BCUT2D eigenvalue weighted by molar-refractivity contribution is 7.86. The van der Waals surface area contributed by atoms with Crippen LogP contribution in [0.5, 0.6) is 0 Å². The lowest BCUT2D eigenvalue weighted by Gasteiger charge is -2.29. The molecule has 0 N–H and O–H groups in total. The zero-order valence-corrected chi connectivity index (χ0v) is 15.5. The summed E-state index contributed by atoms with van der Waals surface area (Å²) in [5.41, 5.74) is 0.787. The van der Waals surface area contributed by atoms with Crippen molar-refractivity contribution in [2.24, 2.45) is 0 Å². The highest BCUT2D eigenvalue weighted by Crippen LogP contribution is 2.35. The van der Waals surface area contributed by atoms with Gasteiger partial charge in [-0.1, -0.05) is 13.8 Å². The number of hydrogen-bond donors (Lipinski definition) is 0. The van der Waals surface area contributed by atoms with E-state index in [1.807, 2.05) is 45.8 Å². The summed E-state index contributed by atoms with van der Waals surface area (Å²) in [6.45, 7) is 7.08. The van der Waals surface area contributed by atoms with Crippen LogP contribution in [0.3, 0.4) is 0 Å². The van der Waals surface area contributed by atoms with Crippen LogP contribution in [0.2, 0.25) is 0 Å². The second kappa shape index (κ2) is 7.11. The molecule has 2 rings (SSSR count). The Balaban J connectivity index is 2.39. The molecule has 0 radical (unpaired) electrons. The van der Waals surface area contributed by atoms with Crippen LogP contribution in [0.15, 0.2) is 6.07 Å². The summed E-state index contributed by atoms with van der Waals surface area (Å²) in [4.78, 5) is 10.8. The van der Waals surface area contributed by atoms with E-state index in [0.29, 0.717) is 25.5 Å². The molecule has 0 unspecified atom stereocenters. The van der Waals surface area contributed by atoms with Crippen LogP contribution in [-0.2, 0) is 10.2 Å². The summed E-state index contributed by atoms with van der Waals surface area (Å²) in [6, 6.07) is 1.69. The molecule has 8 heteroatoms. The van der Waals surface area contributed by atoms with Crippen LogP contribution in [-0.4, -0.2) is 60.7 Å². The van der Waals surface area contributed by atoms with Gasteiger partial charge in [0.15, 0.2) is 0 Å². The Morgan fingerprint density at radius 3 is 2.48 bits per heavy atom. The van der Waals surface area contributed by atoms with Gasteiger partial charge in [-0.2, -0.15) is 17.0 Å². The number of rotatable bonds is 6. The van der Waals surface area contributed by atoms with E-state index in [1.54, 1.807) is 4.31 Å². The number of nitrogens with zero attached hydrogens (tertiary/aromatic N) is 5. The fraction of sp³-hybridized carbons (Fsp3) is 0.733. The fourth-order valence-electron chi connectivity index (χ4n) is 2.98. The van der Waals surface area contributed by atoms with E-state index in [2.05, 4.69) is 9.97 Å². The standard InChI is InChI=1S/C15H27N5O2S/c1-6-19(7-2)23(21,22)20-10-8-9-14(20)13-11-15(18(4)5)17-12(3)16-13/h11,14H,6-10H2,1-5H3/t14-/m1/s1. The summed E-state index contributed by atoms with van der Waals surface area (Å²) in [6.07, 6.45) is 1.65. The van der Waals surface area contributed by atoms with Crippen molar-refractivity contribution < 1.29 is 8.42 Å². The van der Waals surface area contributed by atoms with Gasteiger partial charge in [-0.15, -0.1) is 0 Å². The molecule has 1 aromatic rings. The maximum Gasteiger partial charge on any atom is 0.282 e. The smallest absolute Gasteiger partial charge is 0.282 e. The third-order valence-electron chi connectivity index (χ3n) is 4.18. The molecule has 1 aromatic heterocycles. The van der Waals surface area contributed by atoms with Crippen molar-refractivity contribution in [1.82, 2.24) is 18.6 Å². The van der Waals surface area contributed by atoms with E-state index < -0.39 is 10.2 Å². The van der Waals surface area contributed by atoms with Crippen molar-refractivity contribution in [3.63, 3.8) is 0 Å². The molecule has 0 amide bonds. The highest BCUT2D eigenvalue weighted by atomic mass is 32.2. The second-order valence-electron chi connectivity index (χ2n) is 5.95. The molecule has 1 aliphatic heterocycles. The van der Waals surface area contributed by atoms with E-state index in [1.165, 1.54) is 4.31 Å². The number of aryl methyl sites for hydroxylation is 1. The van der Waals surface area contributed by atoms with E-state index >= 15 is 0 Å². The molecular weight excluding hydrogens is 314 g/mol. The van der Waals surface area contributed by atoms with Gasteiger partial charge < -0.3 is 4.90 Å². The lowest BCUT2D eigenvalue weighted by Crippen LogP contribution is -2.43. The number of hydrogen-bond acceptors (Lipinski definition) is 5. The molecule has 1 fully saturated rings. The molecule has 23 heavy (non-hydrogen) atoms. The van der Waals surface area contributed by atoms with Crippen LogP contribution in [0.4, 0.5) is 5.82 Å². The van der Waals surface area contributed by atoms with Gasteiger partial charge in [-0.05, 0) is 19.8 Å². The van der Waals surface area contributed by atoms with Gasteiger partial charge in [0.05, 0.1) is 11.7 Å². The molecular formula is C15H27N5O2S. The average molecular weight is 341 g/mol. The Morgan fingerprint density at radius 2 is 1.91 bits per heavy atom. The van der Waals surface area contributed by atoms with Gasteiger partial charge in [0.1, 0.15) is 11.6 Å². The molecule has 1 saturated heterocycles. The quantitative estimate of drug-likeness (QED) is 0.786. The molecule has 130 valence electrons. The zero-order valence-electron chi connectivity index (χ0n) is 14.7. The summed E-state index contributed by atoms with van der Waals surface area (Å²) in [5, 5.41) is 0. The molecule has 0 aromatic carbocycles. The predicted molar refractivity (Wildman–Crippen MR) is 91.6 cm³/mol. The average Bonchev–Trinajstić information content (AvgIpc) is 2.97. The minimum atomic E-state index is -3.45. The Morgan fingerprint density at radius 1 is 1.26 bits per heavy atom. The third kappa shape index (κ3) is 3.64. The fourth-order valence-corrected chi connectivity index (χ4v) is 4.83. The van der Waals surface area contributed by atoms with E-state index in [9.17, 15) is 8.42 Å². The van der Waals surface area contributed by atoms with Crippen LogP contribution in [0.1, 0.15) is 44.2 Å². The summed E-state index contributed by atoms with van der Waals surface area (Å²) in [7, 11) is 0.391. The largest absolute Gasteiger partial charge is 0.363 e. The Kier molecular flexibility index (Phi) is 5.59. The van der Waals surface area contributed by atoms with Gasteiger partial charge in [0.2, 0.25) is 0 Å². The number of aromatic nitrogens is 2. The van der Waals surface area contributed by atoms with Gasteiger partial charge in [-0.3, -0.25) is 0 Å². The van der Waals surface area contributed by atoms with Gasteiger partial charge in [0.25, 0.3) is 10.2 Å². The summed E-state index contributed by atoms with van der Waals surface area (Å²) < 4.78 is 28.9. The topological polar surface area (TPSA) is 69.6 Å². The van der Waals surface area contributed by atoms with Crippen molar-refractivity contribution in [2.45, 2.75) is 39.7 Å². The van der Waals surface area contributed by atoms with Crippen molar-refractivity contribution in [3.8, 4) is 0 Å². The third-order valence-corrected chi connectivity index (χ3v) is 6.37. The van der Waals surface area contributed by atoms with Crippen LogP contribution in [0, 0.1) is 6.92 Å². The van der Waals surface area contributed by atoms with E-state index in [0.717, 1.165) is 24.4 Å². The first-order valence-corrected chi connectivity index (χ1v) is 9.50. The van der Waals surface area contributed by atoms with Crippen molar-refractivity contribution in [2.75, 3.05) is 38.6 Å². The molecule has 0 aliphatic carbocycles. The molecule has 1 aliphatic rings. The Hall–Kier alpha value is -1.25. The van der Waals surface area contributed by atoms with Crippen LogP contribution in [0.25, 0.3) is 0 Å². The van der Waals surface area contributed by atoms with Crippen LogP contribution < -0.4 is 4.90 Å². The molecule has 0 bridgehead atoms. The van der Waals surface area contributed by atoms with Crippen molar-refractivity contribution in [3.05, 3.63) is 17.6 Å². The van der Waals surface area contributed by atoms with Crippen molar-refractivity contribution >= 4 is 16.0 Å². The van der Waals surface area contributed by atoms with Gasteiger partial charge in [0, 0.05) is 39.8 Å². The molecule has 1 atom stereocenters. The first kappa shape index (κ1) is 18.1.